The maximum Gasteiger partial charge on any atom is 0.191 e. The van der Waals surface area contributed by atoms with Crippen LogP contribution in [0.15, 0.2) is 12.7 Å². The molecule has 0 saturated heterocycles. The number of aliphatic hydroxyl groups is 1. The molecule has 0 aromatic heterocycles. The molecule has 0 unspecified atom stereocenters. The SMILES string of the molecule is C=CCC[C@@](C)(O)CCO[Si](C)(C)C(C)(C)C. The lowest BCUT2D eigenvalue weighted by atomic mass is 9.97. The van der Waals surface area contributed by atoms with Crippen LogP contribution in [0.1, 0.15) is 47.0 Å². The summed E-state index contributed by atoms with van der Waals surface area (Å²) in [5, 5.41) is 10.4. The van der Waals surface area contributed by atoms with E-state index in [0.717, 1.165) is 12.8 Å². The Labute approximate surface area is 108 Å². The molecule has 0 fully saturated rings. The highest BCUT2D eigenvalue weighted by Crippen LogP contribution is 2.36. The summed E-state index contributed by atoms with van der Waals surface area (Å²) in [4.78, 5) is 0. The van der Waals surface area contributed by atoms with Crippen molar-refractivity contribution in [1.29, 1.82) is 0 Å². The lowest BCUT2D eigenvalue weighted by Gasteiger charge is -2.37. The van der Waals surface area contributed by atoms with E-state index in [1.54, 1.807) is 0 Å². The van der Waals surface area contributed by atoms with Crippen LogP contribution in [0.4, 0.5) is 0 Å². The molecule has 102 valence electrons. The molecule has 0 saturated carbocycles. The van der Waals surface area contributed by atoms with Gasteiger partial charge >= 0.3 is 0 Å². The van der Waals surface area contributed by atoms with Crippen LogP contribution in [0.3, 0.4) is 0 Å². The van der Waals surface area contributed by atoms with Gasteiger partial charge in [0.1, 0.15) is 0 Å². The highest BCUT2D eigenvalue weighted by Gasteiger charge is 2.37. The van der Waals surface area contributed by atoms with E-state index in [2.05, 4.69) is 40.4 Å². The zero-order chi connectivity index (χ0) is 13.7. The topological polar surface area (TPSA) is 29.5 Å². The first-order chi connectivity index (χ1) is 7.52. The molecular weight excluding hydrogens is 228 g/mol. The van der Waals surface area contributed by atoms with Crippen molar-refractivity contribution in [2.24, 2.45) is 0 Å². The van der Waals surface area contributed by atoms with Gasteiger partial charge in [-0.1, -0.05) is 26.8 Å². The number of hydrogen-bond acceptors (Lipinski definition) is 2. The maximum absolute atomic E-state index is 10.1. The van der Waals surface area contributed by atoms with Crippen LogP contribution >= 0.6 is 0 Å². The van der Waals surface area contributed by atoms with E-state index in [0.29, 0.717) is 13.0 Å². The van der Waals surface area contributed by atoms with Gasteiger partial charge in [0.05, 0.1) is 5.60 Å². The molecule has 0 aliphatic heterocycles. The third-order valence-electron chi connectivity index (χ3n) is 3.80. The fraction of sp³-hybridized carbons (Fsp3) is 0.857. The first-order valence-electron chi connectivity index (χ1n) is 6.49. The monoisotopic (exact) mass is 258 g/mol. The van der Waals surface area contributed by atoms with Crippen molar-refractivity contribution in [3.05, 3.63) is 12.7 Å². The summed E-state index contributed by atoms with van der Waals surface area (Å²) in [6.45, 7) is 17.4. The standard InChI is InChI=1S/C14H30O2Si/c1-8-9-10-14(5,15)11-12-16-17(6,7)13(2,3)4/h8,15H,1,9-12H2,2-7H3/t14-/m1/s1. The van der Waals surface area contributed by atoms with Crippen molar-refractivity contribution in [1.82, 2.24) is 0 Å². The minimum atomic E-state index is -1.67. The van der Waals surface area contributed by atoms with Gasteiger partial charge in [0.15, 0.2) is 8.32 Å². The smallest absolute Gasteiger partial charge is 0.191 e. The maximum atomic E-state index is 10.1. The highest BCUT2D eigenvalue weighted by atomic mass is 28.4. The molecule has 0 rings (SSSR count). The normalized spacial score (nSPS) is 16.6. The molecule has 0 aliphatic carbocycles. The van der Waals surface area contributed by atoms with E-state index in [9.17, 15) is 5.11 Å². The third kappa shape index (κ3) is 6.39. The summed E-state index contributed by atoms with van der Waals surface area (Å²) >= 11 is 0. The molecule has 0 aromatic carbocycles. The molecule has 3 heteroatoms. The van der Waals surface area contributed by atoms with Crippen LogP contribution in [0.5, 0.6) is 0 Å². The van der Waals surface area contributed by atoms with Gasteiger partial charge in [-0.15, -0.1) is 6.58 Å². The molecule has 17 heavy (non-hydrogen) atoms. The van der Waals surface area contributed by atoms with Gasteiger partial charge < -0.3 is 9.53 Å². The Bertz CT molecular complexity index is 239. The Kier molecular flexibility index (Phi) is 6.12. The Hall–Kier alpha value is -0.123. The van der Waals surface area contributed by atoms with Crippen molar-refractivity contribution in [2.75, 3.05) is 6.61 Å². The molecule has 1 atom stereocenters. The fourth-order valence-corrected chi connectivity index (χ4v) is 2.33. The van der Waals surface area contributed by atoms with Crippen molar-refractivity contribution in [2.45, 2.75) is 70.7 Å². The van der Waals surface area contributed by atoms with Crippen LogP contribution in [0.25, 0.3) is 0 Å². The molecule has 0 radical (unpaired) electrons. The second kappa shape index (κ2) is 6.16. The summed E-state index contributed by atoms with van der Waals surface area (Å²) in [5.74, 6) is 0. The molecule has 1 N–H and O–H groups in total. The van der Waals surface area contributed by atoms with E-state index in [1.807, 2.05) is 13.0 Å². The van der Waals surface area contributed by atoms with Crippen molar-refractivity contribution in [3.8, 4) is 0 Å². The zero-order valence-electron chi connectivity index (χ0n) is 12.5. The predicted molar refractivity (Wildman–Crippen MR) is 77.8 cm³/mol. The quantitative estimate of drug-likeness (QED) is 0.550. The third-order valence-corrected chi connectivity index (χ3v) is 8.33. The zero-order valence-corrected chi connectivity index (χ0v) is 13.5. The van der Waals surface area contributed by atoms with Crippen LogP contribution in [-0.2, 0) is 4.43 Å². The van der Waals surface area contributed by atoms with Gasteiger partial charge in [-0.05, 0) is 44.3 Å². The van der Waals surface area contributed by atoms with Crippen LogP contribution in [0, 0.1) is 0 Å². The van der Waals surface area contributed by atoms with Crippen LogP contribution < -0.4 is 0 Å². The van der Waals surface area contributed by atoms with E-state index in [1.165, 1.54) is 0 Å². The highest BCUT2D eigenvalue weighted by molar-refractivity contribution is 6.74. The molecule has 0 aromatic rings. The number of hydrogen-bond donors (Lipinski definition) is 1. The van der Waals surface area contributed by atoms with Crippen LogP contribution in [-0.4, -0.2) is 25.6 Å². The Balaban J connectivity index is 4.10. The Morgan fingerprint density at radius 3 is 2.12 bits per heavy atom. The van der Waals surface area contributed by atoms with Gasteiger partial charge in [0, 0.05) is 6.61 Å². The minimum Gasteiger partial charge on any atom is -0.417 e. The number of rotatable bonds is 7. The number of allylic oxidation sites excluding steroid dienone is 1. The molecule has 0 heterocycles. The second-order valence-corrected chi connectivity index (χ2v) is 11.5. The summed E-state index contributed by atoms with van der Waals surface area (Å²) in [6, 6.07) is 0. The summed E-state index contributed by atoms with van der Waals surface area (Å²) in [6.07, 6.45) is 4.17. The molecular formula is C14H30O2Si. The largest absolute Gasteiger partial charge is 0.417 e. The minimum absolute atomic E-state index is 0.236. The van der Waals surface area contributed by atoms with Gasteiger partial charge in [-0.25, -0.2) is 0 Å². The Morgan fingerprint density at radius 1 is 1.18 bits per heavy atom. The average molecular weight is 258 g/mol. The predicted octanol–water partition coefficient (Wildman–Crippen LogP) is 4.12. The molecule has 0 amide bonds. The average Bonchev–Trinajstić information content (AvgIpc) is 2.12. The van der Waals surface area contributed by atoms with Crippen molar-refractivity contribution in [3.63, 3.8) is 0 Å². The first-order valence-corrected chi connectivity index (χ1v) is 9.40. The van der Waals surface area contributed by atoms with Crippen molar-refractivity contribution < 1.29 is 9.53 Å². The van der Waals surface area contributed by atoms with Gasteiger partial charge in [0.2, 0.25) is 0 Å². The van der Waals surface area contributed by atoms with Crippen LogP contribution in [0.2, 0.25) is 18.1 Å². The van der Waals surface area contributed by atoms with Gasteiger partial charge in [-0.3, -0.25) is 0 Å². The second-order valence-electron chi connectivity index (χ2n) is 6.68. The lowest BCUT2D eigenvalue weighted by molar-refractivity contribution is 0.0280. The van der Waals surface area contributed by atoms with E-state index < -0.39 is 13.9 Å². The summed E-state index contributed by atoms with van der Waals surface area (Å²) in [5.41, 5.74) is -0.628. The van der Waals surface area contributed by atoms with Crippen molar-refractivity contribution >= 4 is 8.32 Å². The lowest BCUT2D eigenvalue weighted by Crippen LogP contribution is -2.42. The fourth-order valence-electron chi connectivity index (χ4n) is 1.28. The van der Waals surface area contributed by atoms with Gasteiger partial charge in [0.25, 0.3) is 0 Å². The first kappa shape index (κ1) is 16.9. The molecule has 0 bridgehead atoms. The van der Waals surface area contributed by atoms with E-state index in [-0.39, 0.29) is 5.04 Å². The molecule has 0 spiro atoms. The summed E-state index contributed by atoms with van der Waals surface area (Å²) < 4.78 is 6.06. The Morgan fingerprint density at radius 2 is 1.71 bits per heavy atom. The van der Waals surface area contributed by atoms with E-state index >= 15 is 0 Å². The van der Waals surface area contributed by atoms with E-state index in [4.69, 9.17) is 4.43 Å². The summed E-state index contributed by atoms with van der Waals surface area (Å²) in [7, 11) is -1.67. The van der Waals surface area contributed by atoms with Gasteiger partial charge in [-0.2, -0.15) is 0 Å². The molecule has 2 nitrogen and oxygen atoms in total. The molecule has 0 aliphatic rings.